The highest BCUT2D eigenvalue weighted by atomic mass is 19.4. The van der Waals surface area contributed by atoms with Crippen LogP contribution in [0.25, 0.3) is 0 Å². The maximum Gasteiger partial charge on any atom is 0.416 e. The lowest BCUT2D eigenvalue weighted by Gasteiger charge is -2.15. The monoisotopic (exact) mass is 341 g/mol. The van der Waals surface area contributed by atoms with E-state index in [1.807, 2.05) is 0 Å². The molecule has 2 rings (SSSR count). The molecule has 0 spiro atoms. The fraction of sp³-hybridized carbons (Fsp3) is 0.235. The first-order chi connectivity index (χ1) is 11.3. The lowest BCUT2D eigenvalue weighted by atomic mass is 10.1. The molecule has 0 aliphatic heterocycles. The number of halogens is 4. The molecule has 2 aromatic carbocycles. The topological polar surface area (TPSA) is 38.3 Å². The van der Waals surface area contributed by atoms with E-state index < -0.39 is 24.3 Å². The summed E-state index contributed by atoms with van der Waals surface area (Å²) >= 11 is 0. The minimum atomic E-state index is -4.47. The molecule has 3 nitrogen and oxygen atoms in total. The first-order valence-electron chi connectivity index (χ1n) is 7.10. The molecule has 1 atom stereocenters. The third-order valence-electron chi connectivity index (χ3n) is 3.28. The van der Waals surface area contributed by atoms with Gasteiger partial charge in [0.15, 0.2) is 6.61 Å². The number of amides is 1. The Morgan fingerprint density at radius 3 is 2.46 bits per heavy atom. The van der Waals surface area contributed by atoms with Crippen molar-refractivity contribution < 1.29 is 27.1 Å². The number of hydrogen-bond donors (Lipinski definition) is 1. The third kappa shape index (κ3) is 4.97. The Bertz CT molecular complexity index is 698. The lowest BCUT2D eigenvalue weighted by molar-refractivity contribution is -0.137. The van der Waals surface area contributed by atoms with Gasteiger partial charge < -0.3 is 10.1 Å². The van der Waals surface area contributed by atoms with Crippen LogP contribution in [0.5, 0.6) is 5.75 Å². The second kappa shape index (κ2) is 7.33. The first kappa shape index (κ1) is 17.8. The Hall–Kier alpha value is -2.57. The molecule has 0 unspecified atom stereocenters. The van der Waals surface area contributed by atoms with Gasteiger partial charge in [-0.1, -0.05) is 18.2 Å². The summed E-state index contributed by atoms with van der Waals surface area (Å²) in [6, 6.07) is 9.53. The molecular formula is C17H15F4NO2. The summed E-state index contributed by atoms with van der Waals surface area (Å²) < 4.78 is 55.7. The van der Waals surface area contributed by atoms with Gasteiger partial charge in [0.25, 0.3) is 5.91 Å². The average Bonchev–Trinajstić information content (AvgIpc) is 2.53. The highest BCUT2D eigenvalue weighted by Gasteiger charge is 2.30. The summed E-state index contributed by atoms with van der Waals surface area (Å²) in [6.07, 6.45) is -4.47. The van der Waals surface area contributed by atoms with E-state index in [-0.39, 0.29) is 17.6 Å². The van der Waals surface area contributed by atoms with Crippen LogP contribution < -0.4 is 10.1 Å². The molecule has 0 heterocycles. The molecule has 7 heteroatoms. The van der Waals surface area contributed by atoms with Crippen molar-refractivity contribution in [1.82, 2.24) is 5.32 Å². The summed E-state index contributed by atoms with van der Waals surface area (Å²) in [4.78, 5) is 11.8. The van der Waals surface area contributed by atoms with Crippen molar-refractivity contribution in [2.24, 2.45) is 0 Å². The van der Waals surface area contributed by atoms with Gasteiger partial charge in [0.2, 0.25) is 0 Å². The second-order valence-electron chi connectivity index (χ2n) is 5.16. The Labute approximate surface area is 136 Å². The molecule has 0 radical (unpaired) electrons. The Kier molecular flexibility index (Phi) is 5.43. The van der Waals surface area contributed by atoms with E-state index in [2.05, 4.69) is 5.32 Å². The summed E-state index contributed by atoms with van der Waals surface area (Å²) in [5.74, 6) is -0.927. The van der Waals surface area contributed by atoms with Crippen LogP contribution in [-0.2, 0) is 11.0 Å². The van der Waals surface area contributed by atoms with Gasteiger partial charge in [-0.05, 0) is 42.8 Å². The van der Waals surface area contributed by atoms with E-state index in [1.54, 1.807) is 6.92 Å². The van der Waals surface area contributed by atoms with Crippen molar-refractivity contribution in [3.8, 4) is 5.75 Å². The number of carbonyl (C=O) groups excluding carboxylic acids is 1. The van der Waals surface area contributed by atoms with Crippen LogP contribution in [0.15, 0.2) is 48.5 Å². The molecule has 1 N–H and O–H groups in total. The van der Waals surface area contributed by atoms with Crippen molar-refractivity contribution in [2.45, 2.75) is 19.1 Å². The normalized spacial score (nSPS) is 12.5. The van der Waals surface area contributed by atoms with Gasteiger partial charge in [-0.2, -0.15) is 13.2 Å². The van der Waals surface area contributed by atoms with Gasteiger partial charge in [-0.25, -0.2) is 4.39 Å². The van der Waals surface area contributed by atoms with Crippen molar-refractivity contribution >= 4 is 5.91 Å². The number of rotatable bonds is 5. The van der Waals surface area contributed by atoms with E-state index in [9.17, 15) is 22.4 Å². The molecule has 0 saturated heterocycles. The average molecular weight is 341 g/mol. The molecule has 1 amide bonds. The van der Waals surface area contributed by atoms with Gasteiger partial charge in [0, 0.05) is 0 Å². The Balaban J connectivity index is 1.90. The minimum Gasteiger partial charge on any atom is -0.484 e. The van der Waals surface area contributed by atoms with Crippen molar-refractivity contribution in [1.29, 1.82) is 0 Å². The van der Waals surface area contributed by atoms with E-state index in [4.69, 9.17) is 4.74 Å². The number of benzene rings is 2. The largest absolute Gasteiger partial charge is 0.484 e. The quantitative estimate of drug-likeness (QED) is 0.832. The van der Waals surface area contributed by atoms with Gasteiger partial charge in [0.1, 0.15) is 11.6 Å². The highest BCUT2D eigenvalue weighted by Crippen LogP contribution is 2.31. The van der Waals surface area contributed by atoms with Crippen LogP contribution in [0.1, 0.15) is 24.1 Å². The number of carbonyl (C=O) groups is 1. The predicted octanol–water partition coefficient (Wildman–Crippen LogP) is 4.10. The molecule has 0 aliphatic carbocycles. The van der Waals surface area contributed by atoms with Crippen molar-refractivity contribution in [3.63, 3.8) is 0 Å². The Morgan fingerprint density at radius 2 is 1.83 bits per heavy atom. The third-order valence-corrected chi connectivity index (χ3v) is 3.28. The molecule has 0 bridgehead atoms. The maximum atomic E-state index is 12.9. The van der Waals surface area contributed by atoms with E-state index in [0.29, 0.717) is 5.56 Å². The van der Waals surface area contributed by atoms with Crippen LogP contribution in [0.3, 0.4) is 0 Å². The predicted molar refractivity (Wildman–Crippen MR) is 79.9 cm³/mol. The summed E-state index contributed by atoms with van der Waals surface area (Å²) in [6.45, 7) is 1.28. The smallest absolute Gasteiger partial charge is 0.416 e. The molecule has 24 heavy (non-hydrogen) atoms. The fourth-order valence-electron chi connectivity index (χ4n) is 2.03. The first-order valence-corrected chi connectivity index (χ1v) is 7.10. The van der Waals surface area contributed by atoms with E-state index >= 15 is 0 Å². The van der Waals surface area contributed by atoms with E-state index in [0.717, 1.165) is 12.1 Å². The zero-order valence-electron chi connectivity index (χ0n) is 12.7. The molecule has 0 aliphatic rings. The van der Waals surface area contributed by atoms with Gasteiger partial charge in [-0.3, -0.25) is 4.79 Å². The van der Waals surface area contributed by atoms with Crippen LogP contribution in [0.2, 0.25) is 0 Å². The summed E-state index contributed by atoms with van der Waals surface area (Å²) in [5, 5.41) is 2.62. The number of hydrogen-bond acceptors (Lipinski definition) is 2. The molecule has 0 saturated carbocycles. The minimum absolute atomic E-state index is 0.0468. The number of nitrogens with one attached hydrogen (secondary N) is 1. The van der Waals surface area contributed by atoms with Crippen LogP contribution in [0.4, 0.5) is 17.6 Å². The molecular weight excluding hydrogens is 326 g/mol. The zero-order valence-corrected chi connectivity index (χ0v) is 12.7. The highest BCUT2D eigenvalue weighted by molar-refractivity contribution is 5.78. The fourth-order valence-corrected chi connectivity index (χ4v) is 2.03. The second-order valence-corrected chi connectivity index (χ2v) is 5.16. The number of ether oxygens (including phenoxy) is 1. The molecule has 0 aromatic heterocycles. The van der Waals surface area contributed by atoms with E-state index in [1.165, 1.54) is 36.4 Å². The maximum absolute atomic E-state index is 12.9. The van der Waals surface area contributed by atoms with Crippen LogP contribution in [-0.4, -0.2) is 12.5 Å². The summed E-state index contributed by atoms with van der Waals surface area (Å²) in [7, 11) is 0. The van der Waals surface area contributed by atoms with Gasteiger partial charge >= 0.3 is 6.18 Å². The van der Waals surface area contributed by atoms with Crippen molar-refractivity contribution in [2.75, 3.05) is 6.61 Å². The van der Waals surface area contributed by atoms with Gasteiger partial charge in [0.05, 0.1) is 11.6 Å². The van der Waals surface area contributed by atoms with Crippen LogP contribution in [0, 0.1) is 5.82 Å². The standard InChI is InChI=1S/C17H15F4NO2/c1-11(12-5-7-14(18)8-6-12)22-16(23)10-24-15-4-2-3-13(9-15)17(19,20)21/h2-9,11H,10H2,1H3,(H,22,23)/t11-/m1/s1. The summed E-state index contributed by atoms with van der Waals surface area (Å²) in [5.41, 5.74) is -0.149. The lowest BCUT2D eigenvalue weighted by Crippen LogP contribution is -2.31. The molecule has 2 aromatic rings. The zero-order chi connectivity index (χ0) is 17.7. The van der Waals surface area contributed by atoms with Crippen molar-refractivity contribution in [3.05, 3.63) is 65.5 Å². The molecule has 128 valence electrons. The van der Waals surface area contributed by atoms with Gasteiger partial charge in [-0.15, -0.1) is 0 Å². The Morgan fingerprint density at radius 1 is 1.17 bits per heavy atom. The SMILES string of the molecule is C[C@@H](NC(=O)COc1cccc(C(F)(F)F)c1)c1ccc(F)cc1. The number of alkyl halides is 3. The molecule has 0 fully saturated rings. The van der Waals surface area contributed by atoms with Crippen LogP contribution >= 0.6 is 0 Å².